The summed E-state index contributed by atoms with van der Waals surface area (Å²) in [7, 11) is 1.53. The number of carbonyl (C=O) groups is 2. The van der Waals surface area contributed by atoms with Gasteiger partial charge in [-0.3, -0.25) is 4.79 Å². The zero-order valence-electron chi connectivity index (χ0n) is 8.51. The lowest BCUT2D eigenvalue weighted by Gasteiger charge is -2.12. The van der Waals surface area contributed by atoms with Crippen LogP contribution < -0.4 is 0 Å². The second-order valence-electron chi connectivity index (χ2n) is 3.31. The molecule has 0 aliphatic rings. The van der Waals surface area contributed by atoms with Crippen LogP contribution in [0.3, 0.4) is 0 Å². The van der Waals surface area contributed by atoms with E-state index in [9.17, 15) is 9.59 Å². The van der Waals surface area contributed by atoms with Gasteiger partial charge >= 0.3 is 6.09 Å². The van der Waals surface area contributed by atoms with Gasteiger partial charge in [-0.2, -0.15) is 0 Å². The minimum Gasteiger partial charge on any atom is -0.465 e. The SMILES string of the molecule is CN(CCc1ccc(C=O)cc1)C(=O)O. The van der Waals surface area contributed by atoms with Crippen LogP contribution in [0, 0.1) is 0 Å². The van der Waals surface area contributed by atoms with E-state index >= 15 is 0 Å². The predicted molar refractivity (Wildman–Crippen MR) is 56.2 cm³/mol. The second-order valence-corrected chi connectivity index (χ2v) is 3.31. The Hall–Kier alpha value is -1.84. The minimum atomic E-state index is -0.931. The fourth-order valence-electron chi connectivity index (χ4n) is 1.16. The topological polar surface area (TPSA) is 57.6 Å². The van der Waals surface area contributed by atoms with Gasteiger partial charge in [0, 0.05) is 19.2 Å². The van der Waals surface area contributed by atoms with Gasteiger partial charge in [-0.15, -0.1) is 0 Å². The molecule has 0 heterocycles. The first-order valence-corrected chi connectivity index (χ1v) is 4.61. The molecule has 1 N–H and O–H groups in total. The molecule has 1 aromatic rings. The molecule has 15 heavy (non-hydrogen) atoms. The van der Waals surface area contributed by atoms with Crippen molar-refractivity contribution in [3.05, 3.63) is 35.4 Å². The Morgan fingerprint density at radius 2 is 2.00 bits per heavy atom. The third kappa shape index (κ3) is 3.42. The van der Waals surface area contributed by atoms with Crippen LogP contribution in [0.2, 0.25) is 0 Å². The van der Waals surface area contributed by atoms with Gasteiger partial charge in [0.05, 0.1) is 0 Å². The highest BCUT2D eigenvalue weighted by Gasteiger charge is 2.04. The first-order valence-electron chi connectivity index (χ1n) is 4.61. The molecule has 1 aromatic carbocycles. The third-order valence-corrected chi connectivity index (χ3v) is 2.18. The van der Waals surface area contributed by atoms with E-state index in [0.717, 1.165) is 11.8 Å². The number of amides is 1. The van der Waals surface area contributed by atoms with Gasteiger partial charge in [-0.25, -0.2) is 4.79 Å². The van der Waals surface area contributed by atoms with E-state index in [-0.39, 0.29) is 0 Å². The highest BCUT2D eigenvalue weighted by Crippen LogP contribution is 2.04. The maximum absolute atomic E-state index is 10.5. The molecule has 0 saturated heterocycles. The molecule has 0 unspecified atom stereocenters. The molecular weight excluding hydrogens is 194 g/mol. The number of carbonyl (C=O) groups excluding carboxylic acids is 1. The van der Waals surface area contributed by atoms with Crippen LogP contribution >= 0.6 is 0 Å². The van der Waals surface area contributed by atoms with E-state index in [0.29, 0.717) is 18.5 Å². The maximum Gasteiger partial charge on any atom is 0.407 e. The average Bonchev–Trinajstić information content (AvgIpc) is 2.26. The fraction of sp³-hybridized carbons (Fsp3) is 0.273. The first kappa shape index (κ1) is 11.2. The van der Waals surface area contributed by atoms with Crippen LogP contribution in [0.4, 0.5) is 4.79 Å². The zero-order chi connectivity index (χ0) is 11.3. The van der Waals surface area contributed by atoms with Crippen LogP contribution in [0.1, 0.15) is 15.9 Å². The number of aldehydes is 1. The van der Waals surface area contributed by atoms with E-state index in [1.165, 1.54) is 11.9 Å². The van der Waals surface area contributed by atoms with Gasteiger partial charge in [0.1, 0.15) is 6.29 Å². The van der Waals surface area contributed by atoms with Crippen LogP contribution in [0.5, 0.6) is 0 Å². The molecule has 0 bridgehead atoms. The molecule has 1 rings (SSSR count). The van der Waals surface area contributed by atoms with Crippen molar-refractivity contribution < 1.29 is 14.7 Å². The number of hydrogen-bond donors (Lipinski definition) is 1. The summed E-state index contributed by atoms with van der Waals surface area (Å²) in [6, 6.07) is 7.12. The Morgan fingerprint density at radius 1 is 1.40 bits per heavy atom. The minimum absolute atomic E-state index is 0.454. The van der Waals surface area contributed by atoms with Gasteiger partial charge in [0.15, 0.2) is 0 Å². The summed E-state index contributed by atoms with van der Waals surface area (Å²) in [5.41, 5.74) is 1.65. The van der Waals surface area contributed by atoms with Crippen molar-refractivity contribution in [1.82, 2.24) is 4.90 Å². The van der Waals surface area contributed by atoms with Crippen molar-refractivity contribution in [1.29, 1.82) is 0 Å². The molecular formula is C11H13NO3. The molecule has 0 aliphatic carbocycles. The van der Waals surface area contributed by atoms with Gasteiger partial charge in [0.2, 0.25) is 0 Å². The number of likely N-dealkylation sites (N-methyl/N-ethyl adjacent to an activating group) is 1. The molecule has 0 fully saturated rings. The van der Waals surface area contributed by atoms with Crippen molar-refractivity contribution in [2.45, 2.75) is 6.42 Å². The Morgan fingerprint density at radius 3 is 2.47 bits per heavy atom. The largest absolute Gasteiger partial charge is 0.465 e. The van der Waals surface area contributed by atoms with E-state index in [1.54, 1.807) is 12.1 Å². The van der Waals surface area contributed by atoms with Crippen molar-refractivity contribution in [3.63, 3.8) is 0 Å². The summed E-state index contributed by atoms with van der Waals surface area (Å²) in [5, 5.41) is 8.62. The molecule has 0 saturated carbocycles. The van der Waals surface area contributed by atoms with Crippen LogP contribution in [0.15, 0.2) is 24.3 Å². The summed E-state index contributed by atoms with van der Waals surface area (Å²) in [6.45, 7) is 0.454. The van der Waals surface area contributed by atoms with Gasteiger partial charge in [-0.1, -0.05) is 24.3 Å². The number of nitrogens with zero attached hydrogens (tertiary/aromatic N) is 1. The second kappa shape index (κ2) is 5.14. The van der Waals surface area contributed by atoms with Crippen molar-refractivity contribution in [2.24, 2.45) is 0 Å². The number of carboxylic acid groups (broad SMARTS) is 1. The lowest BCUT2D eigenvalue weighted by atomic mass is 10.1. The van der Waals surface area contributed by atoms with E-state index in [1.807, 2.05) is 12.1 Å². The van der Waals surface area contributed by atoms with Crippen molar-refractivity contribution >= 4 is 12.4 Å². The number of hydrogen-bond acceptors (Lipinski definition) is 2. The van der Waals surface area contributed by atoms with E-state index in [2.05, 4.69) is 0 Å². The Labute approximate surface area is 88.1 Å². The van der Waals surface area contributed by atoms with Gasteiger partial charge in [-0.05, 0) is 12.0 Å². The van der Waals surface area contributed by atoms with Crippen LogP contribution in [-0.2, 0) is 6.42 Å². The summed E-state index contributed by atoms with van der Waals surface area (Å²) in [6.07, 6.45) is 0.509. The molecule has 1 amide bonds. The molecule has 0 aliphatic heterocycles. The Kier molecular flexibility index (Phi) is 3.85. The monoisotopic (exact) mass is 207 g/mol. The predicted octanol–water partition coefficient (Wildman–Crippen LogP) is 1.65. The van der Waals surface area contributed by atoms with Gasteiger partial charge in [0.25, 0.3) is 0 Å². The highest BCUT2D eigenvalue weighted by atomic mass is 16.4. The quantitative estimate of drug-likeness (QED) is 0.764. The average molecular weight is 207 g/mol. The van der Waals surface area contributed by atoms with E-state index < -0.39 is 6.09 Å². The van der Waals surface area contributed by atoms with Crippen molar-refractivity contribution in [2.75, 3.05) is 13.6 Å². The fourth-order valence-corrected chi connectivity index (χ4v) is 1.16. The summed E-state index contributed by atoms with van der Waals surface area (Å²) in [4.78, 5) is 22.1. The molecule has 4 nitrogen and oxygen atoms in total. The number of benzene rings is 1. The smallest absolute Gasteiger partial charge is 0.407 e. The normalized spacial score (nSPS) is 9.67. The molecule has 80 valence electrons. The third-order valence-electron chi connectivity index (χ3n) is 2.18. The first-order chi connectivity index (χ1) is 7.13. The zero-order valence-corrected chi connectivity index (χ0v) is 8.51. The Bertz CT molecular complexity index is 345. The lowest BCUT2D eigenvalue weighted by molar-refractivity contribution is 0.112. The maximum atomic E-state index is 10.5. The van der Waals surface area contributed by atoms with Gasteiger partial charge < -0.3 is 10.0 Å². The summed E-state index contributed by atoms with van der Waals surface area (Å²) in [5.74, 6) is 0. The Balaban J connectivity index is 2.51. The molecule has 0 radical (unpaired) electrons. The summed E-state index contributed by atoms with van der Waals surface area (Å²) >= 11 is 0. The summed E-state index contributed by atoms with van der Waals surface area (Å²) < 4.78 is 0. The lowest BCUT2D eigenvalue weighted by Crippen LogP contribution is -2.26. The molecule has 4 heteroatoms. The van der Waals surface area contributed by atoms with Crippen LogP contribution in [-0.4, -0.2) is 36.0 Å². The highest BCUT2D eigenvalue weighted by molar-refractivity contribution is 5.74. The van der Waals surface area contributed by atoms with Crippen LogP contribution in [0.25, 0.3) is 0 Å². The molecule has 0 spiro atoms. The number of rotatable bonds is 4. The van der Waals surface area contributed by atoms with Crippen molar-refractivity contribution in [3.8, 4) is 0 Å². The van der Waals surface area contributed by atoms with E-state index in [4.69, 9.17) is 5.11 Å². The molecule has 0 atom stereocenters. The standard InChI is InChI=1S/C11H13NO3/c1-12(11(14)15)7-6-9-2-4-10(8-13)5-3-9/h2-5,8H,6-7H2,1H3,(H,14,15). The molecule has 0 aromatic heterocycles.